The molecule has 2 rings (SSSR count). The molecule has 2 aromatic rings. The van der Waals surface area contributed by atoms with Gasteiger partial charge in [0, 0.05) is 31.4 Å². The van der Waals surface area contributed by atoms with E-state index in [0.29, 0.717) is 23.7 Å². The molecule has 134 valence electrons. The Morgan fingerprint density at radius 2 is 1.80 bits per heavy atom. The van der Waals surface area contributed by atoms with Gasteiger partial charge in [-0.05, 0) is 50.2 Å². The molecule has 0 aliphatic rings. The van der Waals surface area contributed by atoms with Crippen LogP contribution in [0, 0.1) is 0 Å². The topological polar surface area (TPSA) is 45.7 Å². The van der Waals surface area contributed by atoms with E-state index in [1.807, 2.05) is 12.1 Å². The third kappa shape index (κ3) is 5.36. The minimum Gasteiger partial charge on any atom is -0.492 e. The van der Waals surface area contributed by atoms with E-state index >= 15 is 0 Å². The maximum atomic E-state index is 12.5. The van der Waals surface area contributed by atoms with Crippen LogP contribution in [-0.2, 0) is 0 Å². The Bertz CT molecular complexity index is 670. The van der Waals surface area contributed by atoms with Crippen LogP contribution < -0.4 is 9.64 Å². The van der Waals surface area contributed by atoms with Crippen LogP contribution in [0.2, 0.25) is 5.02 Å². The third-order valence-corrected chi connectivity index (χ3v) is 4.19. The number of likely N-dealkylation sites (N-methyl/N-ethyl adjacent to an activating group) is 1. The normalized spacial score (nSPS) is 10.4. The summed E-state index contributed by atoms with van der Waals surface area (Å²) in [7, 11) is 1.76. The minimum atomic E-state index is -0.0710. The van der Waals surface area contributed by atoms with Crippen LogP contribution in [0.3, 0.4) is 0 Å². The number of aromatic nitrogens is 1. The zero-order valence-corrected chi connectivity index (χ0v) is 15.7. The summed E-state index contributed by atoms with van der Waals surface area (Å²) in [6.45, 7) is 6.84. The van der Waals surface area contributed by atoms with Crippen LogP contribution in [0.25, 0.3) is 0 Å². The van der Waals surface area contributed by atoms with Gasteiger partial charge in [0.15, 0.2) is 0 Å². The van der Waals surface area contributed by atoms with Gasteiger partial charge in [-0.15, -0.1) is 0 Å². The molecule has 0 radical (unpaired) electrons. The van der Waals surface area contributed by atoms with Crippen molar-refractivity contribution in [1.82, 2.24) is 9.88 Å². The van der Waals surface area contributed by atoms with Crippen LogP contribution in [0.1, 0.15) is 24.2 Å². The molecule has 0 spiro atoms. The number of benzene rings is 1. The summed E-state index contributed by atoms with van der Waals surface area (Å²) in [5.41, 5.74) is 0.574. The second kappa shape index (κ2) is 9.28. The molecule has 0 bridgehead atoms. The van der Waals surface area contributed by atoms with Crippen molar-refractivity contribution in [2.75, 3.05) is 38.2 Å². The Hall–Kier alpha value is -2.27. The molecule has 5 nitrogen and oxygen atoms in total. The molecule has 0 N–H and O–H groups in total. The van der Waals surface area contributed by atoms with Gasteiger partial charge in [-0.3, -0.25) is 4.79 Å². The Balaban J connectivity index is 1.87. The quantitative estimate of drug-likeness (QED) is 0.718. The summed E-state index contributed by atoms with van der Waals surface area (Å²) in [5, 5.41) is 0.667. The molecule has 0 atom stereocenters. The van der Waals surface area contributed by atoms with Gasteiger partial charge in [-0.2, -0.15) is 0 Å². The molecule has 25 heavy (non-hydrogen) atoms. The van der Waals surface area contributed by atoms with Crippen molar-refractivity contribution in [3.63, 3.8) is 0 Å². The summed E-state index contributed by atoms with van der Waals surface area (Å²) in [5.74, 6) is 1.55. The van der Waals surface area contributed by atoms with Crippen molar-refractivity contribution in [3.8, 4) is 5.75 Å². The highest BCUT2D eigenvalue weighted by Crippen LogP contribution is 2.15. The van der Waals surface area contributed by atoms with E-state index in [1.165, 1.54) is 0 Å². The van der Waals surface area contributed by atoms with E-state index in [-0.39, 0.29) is 5.91 Å². The fraction of sp³-hybridized carbons (Fsp3) is 0.368. The molecular weight excluding hydrogens is 338 g/mol. The molecule has 0 unspecified atom stereocenters. The number of amides is 1. The molecule has 1 amide bonds. The highest BCUT2D eigenvalue weighted by Gasteiger charge is 2.13. The number of carbonyl (C=O) groups excluding carboxylic acids is 1. The number of pyridine rings is 1. The Morgan fingerprint density at radius 1 is 1.12 bits per heavy atom. The van der Waals surface area contributed by atoms with Gasteiger partial charge in [-0.25, -0.2) is 4.98 Å². The van der Waals surface area contributed by atoms with Crippen molar-refractivity contribution in [2.24, 2.45) is 0 Å². The standard InChI is InChI=1S/C19H24ClN3O2/c1-4-23(5-2)18-11-6-15(14-21-18)19(24)22(3)12-13-25-17-9-7-16(20)8-10-17/h6-11,14H,4-5,12-13H2,1-3H3. The highest BCUT2D eigenvalue weighted by atomic mass is 35.5. The lowest BCUT2D eigenvalue weighted by Crippen LogP contribution is -2.31. The van der Waals surface area contributed by atoms with Crippen LogP contribution in [0.15, 0.2) is 42.6 Å². The van der Waals surface area contributed by atoms with Gasteiger partial charge in [0.2, 0.25) is 0 Å². The van der Waals surface area contributed by atoms with E-state index in [9.17, 15) is 4.79 Å². The van der Waals surface area contributed by atoms with E-state index in [4.69, 9.17) is 16.3 Å². The number of rotatable bonds is 8. The van der Waals surface area contributed by atoms with E-state index < -0.39 is 0 Å². The molecule has 1 aromatic heterocycles. The van der Waals surface area contributed by atoms with Crippen molar-refractivity contribution < 1.29 is 9.53 Å². The number of ether oxygens (including phenoxy) is 1. The molecule has 6 heteroatoms. The number of halogens is 1. The summed E-state index contributed by atoms with van der Waals surface area (Å²) >= 11 is 5.84. The van der Waals surface area contributed by atoms with Gasteiger partial charge in [0.05, 0.1) is 12.1 Å². The summed E-state index contributed by atoms with van der Waals surface area (Å²) in [6.07, 6.45) is 1.63. The van der Waals surface area contributed by atoms with E-state index in [0.717, 1.165) is 24.7 Å². The molecule has 0 saturated heterocycles. The van der Waals surface area contributed by atoms with Gasteiger partial charge in [0.1, 0.15) is 18.2 Å². The number of hydrogen-bond acceptors (Lipinski definition) is 4. The number of nitrogens with zero attached hydrogens (tertiary/aromatic N) is 3. The van der Waals surface area contributed by atoms with Crippen LogP contribution >= 0.6 is 11.6 Å². The first kappa shape index (κ1) is 19.1. The van der Waals surface area contributed by atoms with Gasteiger partial charge < -0.3 is 14.5 Å². The predicted octanol–water partition coefficient (Wildman–Crippen LogP) is 3.73. The molecule has 0 aliphatic heterocycles. The Labute approximate surface area is 154 Å². The fourth-order valence-electron chi connectivity index (χ4n) is 2.40. The maximum absolute atomic E-state index is 12.5. The fourth-order valence-corrected chi connectivity index (χ4v) is 2.53. The van der Waals surface area contributed by atoms with Gasteiger partial charge in [-0.1, -0.05) is 11.6 Å². The molecule has 1 aromatic carbocycles. The van der Waals surface area contributed by atoms with Crippen molar-refractivity contribution in [3.05, 3.63) is 53.2 Å². The van der Waals surface area contributed by atoms with Crippen LogP contribution in [-0.4, -0.2) is 49.1 Å². The molecule has 0 aliphatic carbocycles. The summed E-state index contributed by atoms with van der Waals surface area (Å²) < 4.78 is 5.62. The summed E-state index contributed by atoms with van der Waals surface area (Å²) in [4.78, 5) is 20.6. The lowest BCUT2D eigenvalue weighted by atomic mass is 10.2. The minimum absolute atomic E-state index is 0.0710. The molecule has 1 heterocycles. The van der Waals surface area contributed by atoms with Gasteiger partial charge >= 0.3 is 0 Å². The highest BCUT2D eigenvalue weighted by molar-refractivity contribution is 6.30. The predicted molar refractivity (Wildman–Crippen MR) is 102 cm³/mol. The van der Waals surface area contributed by atoms with Crippen LogP contribution in [0.4, 0.5) is 5.82 Å². The third-order valence-electron chi connectivity index (χ3n) is 3.94. The van der Waals surface area contributed by atoms with E-state index in [1.54, 1.807) is 42.4 Å². The van der Waals surface area contributed by atoms with Crippen molar-refractivity contribution >= 4 is 23.3 Å². The van der Waals surface area contributed by atoms with Gasteiger partial charge in [0.25, 0.3) is 5.91 Å². The van der Waals surface area contributed by atoms with Crippen molar-refractivity contribution in [2.45, 2.75) is 13.8 Å². The first-order valence-corrected chi connectivity index (χ1v) is 8.77. The average Bonchev–Trinajstić information content (AvgIpc) is 2.64. The lowest BCUT2D eigenvalue weighted by Gasteiger charge is -2.21. The number of anilines is 1. The Kier molecular flexibility index (Phi) is 7.07. The first-order valence-electron chi connectivity index (χ1n) is 8.40. The van der Waals surface area contributed by atoms with E-state index in [2.05, 4.69) is 23.7 Å². The monoisotopic (exact) mass is 361 g/mol. The SMILES string of the molecule is CCN(CC)c1ccc(C(=O)N(C)CCOc2ccc(Cl)cc2)cn1. The lowest BCUT2D eigenvalue weighted by molar-refractivity contribution is 0.0773. The molecule has 0 fully saturated rings. The average molecular weight is 362 g/mol. The van der Waals surface area contributed by atoms with Crippen LogP contribution in [0.5, 0.6) is 5.75 Å². The molecule has 0 saturated carbocycles. The first-order chi connectivity index (χ1) is 12.0. The second-order valence-electron chi connectivity index (χ2n) is 5.61. The number of hydrogen-bond donors (Lipinski definition) is 0. The smallest absolute Gasteiger partial charge is 0.255 e. The maximum Gasteiger partial charge on any atom is 0.255 e. The second-order valence-corrected chi connectivity index (χ2v) is 6.04. The summed E-state index contributed by atoms with van der Waals surface area (Å²) in [6, 6.07) is 10.9. The molecular formula is C19H24ClN3O2. The Morgan fingerprint density at radius 3 is 2.36 bits per heavy atom. The zero-order valence-electron chi connectivity index (χ0n) is 14.9. The largest absolute Gasteiger partial charge is 0.492 e. The zero-order chi connectivity index (χ0) is 18.2. The number of carbonyl (C=O) groups is 1. The van der Waals surface area contributed by atoms with Crippen molar-refractivity contribution in [1.29, 1.82) is 0 Å².